The lowest BCUT2D eigenvalue weighted by molar-refractivity contribution is -0.146. The second-order valence-corrected chi connectivity index (χ2v) is 10.6. The summed E-state index contributed by atoms with van der Waals surface area (Å²) in [6.45, 7) is 3.97. The molecule has 0 radical (unpaired) electrons. The van der Waals surface area contributed by atoms with Crippen LogP contribution in [0.3, 0.4) is 0 Å². The summed E-state index contributed by atoms with van der Waals surface area (Å²) in [7, 11) is -4.41. The van der Waals surface area contributed by atoms with Gasteiger partial charge in [0.25, 0.3) is 0 Å². The van der Waals surface area contributed by atoms with E-state index in [0.29, 0.717) is 0 Å². The molecule has 1 unspecified atom stereocenters. The first-order valence-corrected chi connectivity index (χ1v) is 13.8. The lowest BCUT2D eigenvalue weighted by Crippen LogP contribution is -2.38. The van der Waals surface area contributed by atoms with E-state index < -0.39 is 55.5 Å². The predicted molar refractivity (Wildman–Crippen MR) is 146 cm³/mol. The summed E-state index contributed by atoms with van der Waals surface area (Å²) < 4.78 is 52.2. The van der Waals surface area contributed by atoms with Crippen LogP contribution in [-0.4, -0.2) is 38.9 Å². The number of carbonyl (C=O) groups excluding carboxylic acids is 1. The number of aliphatic hydroxyl groups excluding tert-OH is 1. The van der Waals surface area contributed by atoms with Crippen LogP contribution in [0.4, 0.5) is 10.2 Å². The number of nitrogens with two attached hydrogens (primary N) is 1. The van der Waals surface area contributed by atoms with Gasteiger partial charge in [0.1, 0.15) is 30.8 Å². The number of aliphatic hydroxyl groups is 1. The topological polar surface area (TPSA) is 164 Å². The maximum Gasteiger partial charge on any atom is 0.459 e. The third kappa shape index (κ3) is 6.83. The van der Waals surface area contributed by atoms with Crippen LogP contribution in [0, 0.1) is 0 Å². The SMILES string of the molecule is C=CC1(F)C(O)=C(CO[P@](=O)(N[C@@H](C)C(=O)OCc2ccccc2)Oc2ccccc2)O[C@H]1n1ccc(N)nc1=O. The minimum Gasteiger partial charge on any atom is -0.505 e. The molecule has 0 spiro atoms. The van der Waals surface area contributed by atoms with Crippen LogP contribution >= 0.6 is 7.75 Å². The van der Waals surface area contributed by atoms with E-state index >= 15 is 4.39 Å². The van der Waals surface area contributed by atoms with E-state index in [1.54, 1.807) is 42.5 Å². The van der Waals surface area contributed by atoms with E-state index in [4.69, 9.17) is 24.3 Å². The first-order chi connectivity index (χ1) is 19.5. The number of benzene rings is 2. The largest absolute Gasteiger partial charge is 0.505 e. The van der Waals surface area contributed by atoms with Crippen molar-refractivity contribution in [3.05, 3.63) is 113 Å². The van der Waals surface area contributed by atoms with E-state index in [1.807, 2.05) is 6.07 Å². The molecule has 1 aliphatic rings. The van der Waals surface area contributed by atoms with Crippen LogP contribution in [0.25, 0.3) is 0 Å². The Balaban J connectivity index is 1.52. The molecule has 0 saturated carbocycles. The minimum atomic E-state index is -4.41. The monoisotopic (exact) mass is 586 g/mol. The zero-order chi connectivity index (χ0) is 29.6. The highest BCUT2D eigenvalue weighted by Crippen LogP contribution is 2.48. The Morgan fingerprint density at radius 2 is 1.90 bits per heavy atom. The van der Waals surface area contributed by atoms with Gasteiger partial charge in [0.2, 0.25) is 11.9 Å². The quantitative estimate of drug-likeness (QED) is 0.160. The molecular weight excluding hydrogens is 558 g/mol. The van der Waals surface area contributed by atoms with E-state index in [0.717, 1.165) is 22.4 Å². The Bertz CT molecular complexity index is 1540. The zero-order valence-electron chi connectivity index (χ0n) is 21.9. The van der Waals surface area contributed by atoms with Gasteiger partial charge in [-0.05, 0) is 36.8 Å². The van der Waals surface area contributed by atoms with Crippen molar-refractivity contribution in [3.63, 3.8) is 0 Å². The fourth-order valence-electron chi connectivity index (χ4n) is 3.77. The van der Waals surface area contributed by atoms with Crippen molar-refractivity contribution in [2.24, 2.45) is 0 Å². The van der Waals surface area contributed by atoms with Crippen molar-refractivity contribution in [2.75, 3.05) is 12.3 Å². The summed E-state index contributed by atoms with van der Waals surface area (Å²) in [6, 6.07) is 17.0. The predicted octanol–water partition coefficient (Wildman–Crippen LogP) is 3.94. The zero-order valence-corrected chi connectivity index (χ0v) is 22.8. The molecule has 216 valence electrons. The minimum absolute atomic E-state index is 0.0219. The van der Waals surface area contributed by atoms with Crippen LogP contribution in [0.15, 0.2) is 102 Å². The molecule has 2 heterocycles. The highest BCUT2D eigenvalue weighted by Gasteiger charge is 2.52. The number of anilines is 1. The van der Waals surface area contributed by atoms with Gasteiger partial charge in [0, 0.05) is 6.20 Å². The maximum absolute atomic E-state index is 15.8. The van der Waals surface area contributed by atoms with Gasteiger partial charge in [0.15, 0.2) is 11.5 Å². The van der Waals surface area contributed by atoms with Gasteiger partial charge >= 0.3 is 19.4 Å². The number of hydrogen-bond donors (Lipinski definition) is 3. The van der Waals surface area contributed by atoms with Gasteiger partial charge < -0.3 is 24.8 Å². The van der Waals surface area contributed by atoms with Crippen molar-refractivity contribution in [2.45, 2.75) is 31.5 Å². The molecule has 41 heavy (non-hydrogen) atoms. The highest BCUT2D eigenvalue weighted by molar-refractivity contribution is 7.52. The third-order valence-corrected chi connectivity index (χ3v) is 7.53. The molecule has 2 aromatic carbocycles. The number of halogens is 1. The van der Waals surface area contributed by atoms with Crippen molar-refractivity contribution in [1.29, 1.82) is 0 Å². The number of nitrogens with zero attached hydrogens (tertiary/aromatic N) is 2. The average Bonchev–Trinajstić information content (AvgIpc) is 3.21. The first-order valence-electron chi connectivity index (χ1n) is 12.3. The molecule has 12 nitrogen and oxygen atoms in total. The third-order valence-electron chi connectivity index (χ3n) is 5.91. The number of alkyl halides is 1. The van der Waals surface area contributed by atoms with Crippen molar-refractivity contribution < 1.29 is 37.4 Å². The molecule has 4 atom stereocenters. The number of aromatic nitrogens is 2. The van der Waals surface area contributed by atoms with Crippen molar-refractivity contribution in [1.82, 2.24) is 14.6 Å². The molecule has 4 N–H and O–H groups in total. The number of nitrogen functional groups attached to an aromatic ring is 1. The van der Waals surface area contributed by atoms with Gasteiger partial charge in [-0.3, -0.25) is 13.9 Å². The van der Waals surface area contributed by atoms with Gasteiger partial charge in [-0.15, -0.1) is 0 Å². The van der Waals surface area contributed by atoms with Crippen LogP contribution in [0.2, 0.25) is 0 Å². The Labute approximate surface area is 234 Å². The lowest BCUT2D eigenvalue weighted by atomic mass is 10.0. The molecule has 0 bridgehead atoms. The van der Waals surface area contributed by atoms with E-state index in [1.165, 1.54) is 25.1 Å². The Morgan fingerprint density at radius 3 is 2.54 bits per heavy atom. The fraction of sp³-hybridized carbons (Fsp3) is 0.222. The normalized spacial score (nSPS) is 20.5. The van der Waals surface area contributed by atoms with Gasteiger partial charge in [-0.1, -0.05) is 55.1 Å². The number of hydrogen-bond acceptors (Lipinski definition) is 10. The fourth-order valence-corrected chi connectivity index (χ4v) is 5.21. The van der Waals surface area contributed by atoms with Crippen LogP contribution in [0.5, 0.6) is 5.75 Å². The average molecular weight is 587 g/mol. The second-order valence-electron chi connectivity index (χ2n) is 8.88. The van der Waals surface area contributed by atoms with Crippen molar-refractivity contribution in [3.8, 4) is 5.75 Å². The molecule has 0 amide bonds. The highest BCUT2D eigenvalue weighted by atomic mass is 31.2. The summed E-state index contributed by atoms with van der Waals surface area (Å²) in [6.07, 6.45) is 0.123. The Morgan fingerprint density at radius 1 is 1.24 bits per heavy atom. The number of carbonyl (C=O) groups is 1. The summed E-state index contributed by atoms with van der Waals surface area (Å²) in [5.74, 6) is -2.20. The molecule has 0 fully saturated rings. The molecule has 0 aliphatic carbocycles. The molecule has 1 aliphatic heterocycles. The second kappa shape index (κ2) is 12.4. The van der Waals surface area contributed by atoms with E-state index in [-0.39, 0.29) is 18.2 Å². The molecule has 1 aromatic heterocycles. The van der Waals surface area contributed by atoms with Crippen molar-refractivity contribution >= 4 is 19.5 Å². The van der Waals surface area contributed by atoms with Gasteiger partial charge in [-0.2, -0.15) is 10.1 Å². The summed E-state index contributed by atoms with van der Waals surface area (Å²) in [4.78, 5) is 28.5. The standard InChI is InChI=1S/C27H28FN4O8P/c1-3-27(28)23(33)21(39-25(27)32-15-14-22(29)30-26(32)35)17-38-41(36,40-20-12-8-5-9-13-20)31-18(2)24(34)37-16-19-10-6-4-7-11-19/h3-15,18,25,33H,1,16-17H2,2H3,(H,31,36)(H2,29,30,35)/t18-,25+,27?,41+/m0/s1. The summed E-state index contributed by atoms with van der Waals surface area (Å²) >= 11 is 0. The molecule has 14 heteroatoms. The summed E-state index contributed by atoms with van der Waals surface area (Å²) in [5, 5.41) is 13.2. The Kier molecular flexibility index (Phi) is 8.92. The molecular formula is C27H28FN4O8P. The van der Waals surface area contributed by atoms with Crippen LogP contribution < -0.4 is 21.0 Å². The van der Waals surface area contributed by atoms with Gasteiger partial charge in [-0.25, -0.2) is 13.8 Å². The lowest BCUT2D eigenvalue weighted by Gasteiger charge is -2.24. The number of ether oxygens (including phenoxy) is 2. The molecule has 3 aromatic rings. The molecule has 4 rings (SSSR count). The number of rotatable bonds is 12. The first kappa shape index (κ1) is 29.5. The smallest absolute Gasteiger partial charge is 0.459 e. The van der Waals surface area contributed by atoms with E-state index in [2.05, 4.69) is 16.7 Å². The number of esters is 1. The van der Waals surface area contributed by atoms with Gasteiger partial charge in [0.05, 0.1) is 0 Å². The van der Waals surface area contributed by atoms with Crippen LogP contribution in [0.1, 0.15) is 18.7 Å². The van der Waals surface area contributed by atoms with E-state index in [9.17, 15) is 19.3 Å². The molecule has 0 saturated heterocycles. The number of nitrogens with one attached hydrogen (secondary N) is 1. The number of para-hydroxylation sites is 1. The van der Waals surface area contributed by atoms with Crippen LogP contribution in [-0.2, 0) is 30.0 Å². The summed E-state index contributed by atoms with van der Waals surface area (Å²) in [5.41, 5.74) is 2.53. The Hall–Kier alpha value is -4.45. The maximum atomic E-state index is 15.8.